The maximum atomic E-state index is 10.6. The summed E-state index contributed by atoms with van der Waals surface area (Å²) in [5.41, 5.74) is 0.335. The molecule has 0 saturated heterocycles. The van der Waals surface area contributed by atoms with Gasteiger partial charge in [-0.25, -0.2) is 9.59 Å². The van der Waals surface area contributed by atoms with Gasteiger partial charge in [0.2, 0.25) is 0 Å². The molecule has 2 aromatic carbocycles. The number of carboxylic acid groups (broad SMARTS) is 2. The lowest BCUT2D eigenvalue weighted by molar-refractivity contribution is 0.0696. The number of hydrogen-bond donors (Lipinski definition) is 2. The maximum Gasteiger partial charge on any atom is 0.335 e. The second kappa shape index (κ2) is 7.31. The Kier molecular flexibility index (Phi) is 5.74. The summed E-state index contributed by atoms with van der Waals surface area (Å²) < 4.78 is 0. The number of carbonyl (C=O) groups is 2. The van der Waals surface area contributed by atoms with Crippen LogP contribution in [-0.2, 0) is 0 Å². The molecule has 0 heterocycles. The molecule has 0 bridgehead atoms. The summed E-state index contributed by atoms with van der Waals surface area (Å²) in [4.78, 5) is 21.2. The molecule has 0 spiro atoms. The van der Waals surface area contributed by atoms with E-state index in [9.17, 15) is 9.59 Å². The van der Waals surface area contributed by atoms with E-state index in [1.165, 1.54) is 25.1 Å². The summed E-state index contributed by atoms with van der Waals surface area (Å²) in [6, 6.07) is 13.6. The SMILES string of the molecule is Cc1c(C(=O)O)cccc1C(=O)O.Clc1ccccc1. The minimum atomic E-state index is -1.11. The molecule has 104 valence electrons. The third kappa shape index (κ3) is 4.40. The number of halogens is 1. The van der Waals surface area contributed by atoms with Gasteiger partial charge >= 0.3 is 11.9 Å². The predicted octanol–water partition coefficient (Wildman–Crippen LogP) is 3.73. The number of benzene rings is 2. The highest BCUT2D eigenvalue weighted by Crippen LogP contribution is 2.13. The van der Waals surface area contributed by atoms with Crippen molar-refractivity contribution in [3.63, 3.8) is 0 Å². The van der Waals surface area contributed by atoms with Crippen molar-refractivity contribution in [1.82, 2.24) is 0 Å². The minimum absolute atomic E-state index is 0.0277. The molecule has 0 amide bonds. The van der Waals surface area contributed by atoms with Gasteiger partial charge in [-0.15, -0.1) is 0 Å². The number of rotatable bonds is 2. The van der Waals surface area contributed by atoms with Crippen molar-refractivity contribution in [2.75, 3.05) is 0 Å². The van der Waals surface area contributed by atoms with Gasteiger partial charge in [0, 0.05) is 5.02 Å². The van der Waals surface area contributed by atoms with Crippen molar-refractivity contribution >= 4 is 23.5 Å². The first-order valence-corrected chi connectivity index (χ1v) is 6.08. The standard InChI is InChI=1S/C9H8O4.C6H5Cl/c1-5-6(8(10)11)3-2-4-7(5)9(12)13;7-6-4-2-1-3-5-6/h2-4H,1H3,(H,10,11)(H,12,13);1-5H. The van der Waals surface area contributed by atoms with Gasteiger partial charge in [0.15, 0.2) is 0 Å². The summed E-state index contributed by atoms with van der Waals surface area (Å²) in [6.07, 6.45) is 0. The lowest BCUT2D eigenvalue weighted by Gasteiger charge is -2.03. The minimum Gasteiger partial charge on any atom is -0.478 e. The number of hydrogen-bond acceptors (Lipinski definition) is 2. The van der Waals surface area contributed by atoms with Crippen molar-refractivity contribution in [3.8, 4) is 0 Å². The number of aromatic carboxylic acids is 2. The van der Waals surface area contributed by atoms with Crippen molar-refractivity contribution < 1.29 is 19.8 Å². The third-order valence-electron chi connectivity index (χ3n) is 2.53. The third-order valence-corrected chi connectivity index (χ3v) is 2.78. The molecule has 0 atom stereocenters. The molecule has 0 aromatic heterocycles. The second-order valence-electron chi connectivity index (χ2n) is 3.88. The molecule has 0 aliphatic heterocycles. The zero-order valence-corrected chi connectivity index (χ0v) is 11.5. The van der Waals surface area contributed by atoms with E-state index in [0.29, 0.717) is 0 Å². The second-order valence-corrected chi connectivity index (χ2v) is 4.32. The average molecular weight is 293 g/mol. The quantitative estimate of drug-likeness (QED) is 0.884. The molecule has 0 aliphatic carbocycles. The monoisotopic (exact) mass is 292 g/mol. The summed E-state index contributed by atoms with van der Waals surface area (Å²) in [7, 11) is 0. The molecule has 0 fully saturated rings. The van der Waals surface area contributed by atoms with Crippen molar-refractivity contribution in [3.05, 3.63) is 70.2 Å². The van der Waals surface area contributed by atoms with E-state index in [0.717, 1.165) is 5.02 Å². The summed E-state index contributed by atoms with van der Waals surface area (Å²) in [5.74, 6) is -2.22. The Labute approximate surface area is 121 Å². The van der Waals surface area contributed by atoms with Gasteiger partial charge in [-0.05, 0) is 36.8 Å². The van der Waals surface area contributed by atoms with Crippen LogP contribution in [0, 0.1) is 6.92 Å². The molecule has 2 N–H and O–H groups in total. The van der Waals surface area contributed by atoms with E-state index < -0.39 is 11.9 Å². The topological polar surface area (TPSA) is 74.6 Å². The maximum absolute atomic E-state index is 10.6. The van der Waals surface area contributed by atoms with Crippen LogP contribution in [0.1, 0.15) is 26.3 Å². The highest BCUT2D eigenvalue weighted by molar-refractivity contribution is 6.30. The first-order valence-electron chi connectivity index (χ1n) is 5.70. The van der Waals surface area contributed by atoms with Crippen molar-refractivity contribution in [2.24, 2.45) is 0 Å². The molecule has 5 heteroatoms. The van der Waals surface area contributed by atoms with E-state index in [1.54, 1.807) is 0 Å². The molecular formula is C15H13ClO4. The van der Waals surface area contributed by atoms with Gasteiger partial charge in [-0.3, -0.25) is 0 Å². The van der Waals surface area contributed by atoms with Gasteiger partial charge in [-0.1, -0.05) is 35.9 Å². The highest BCUT2D eigenvalue weighted by atomic mass is 35.5. The Bertz CT molecular complexity index is 576. The van der Waals surface area contributed by atoms with Crippen LogP contribution in [0.5, 0.6) is 0 Å². The van der Waals surface area contributed by atoms with Crippen molar-refractivity contribution in [2.45, 2.75) is 6.92 Å². The summed E-state index contributed by atoms with van der Waals surface area (Å²) in [5, 5.41) is 18.2. The van der Waals surface area contributed by atoms with Crippen LogP contribution in [0.15, 0.2) is 48.5 Å². The Morgan fingerprint density at radius 2 is 1.30 bits per heavy atom. The first kappa shape index (κ1) is 15.7. The van der Waals surface area contributed by atoms with Gasteiger partial charge in [0.05, 0.1) is 11.1 Å². The van der Waals surface area contributed by atoms with Gasteiger partial charge < -0.3 is 10.2 Å². The molecule has 20 heavy (non-hydrogen) atoms. The van der Waals surface area contributed by atoms with Gasteiger partial charge in [0.25, 0.3) is 0 Å². The smallest absolute Gasteiger partial charge is 0.335 e. The fraction of sp³-hybridized carbons (Fsp3) is 0.0667. The predicted molar refractivity (Wildman–Crippen MR) is 76.5 cm³/mol. The van der Waals surface area contributed by atoms with Crippen LogP contribution >= 0.6 is 11.6 Å². The van der Waals surface area contributed by atoms with Crippen LogP contribution < -0.4 is 0 Å². The number of carboxylic acids is 2. The Balaban J connectivity index is 0.000000240. The zero-order chi connectivity index (χ0) is 15.1. The molecule has 4 nitrogen and oxygen atoms in total. The molecule has 2 rings (SSSR count). The molecule has 0 aliphatic rings. The van der Waals surface area contributed by atoms with E-state index in [4.69, 9.17) is 21.8 Å². The van der Waals surface area contributed by atoms with Crippen LogP contribution in [0.2, 0.25) is 5.02 Å². The highest BCUT2D eigenvalue weighted by Gasteiger charge is 2.13. The molecule has 0 radical (unpaired) electrons. The Morgan fingerprint density at radius 3 is 1.60 bits per heavy atom. The van der Waals surface area contributed by atoms with E-state index in [2.05, 4.69) is 0 Å². The largest absolute Gasteiger partial charge is 0.478 e. The summed E-state index contributed by atoms with van der Waals surface area (Å²) in [6.45, 7) is 1.48. The van der Waals surface area contributed by atoms with Crippen LogP contribution in [0.25, 0.3) is 0 Å². The van der Waals surface area contributed by atoms with Gasteiger partial charge in [0.1, 0.15) is 0 Å². The zero-order valence-electron chi connectivity index (χ0n) is 10.7. The van der Waals surface area contributed by atoms with Crippen LogP contribution in [0.3, 0.4) is 0 Å². The lowest BCUT2D eigenvalue weighted by Crippen LogP contribution is -2.06. The first-order chi connectivity index (χ1) is 9.43. The fourth-order valence-corrected chi connectivity index (χ4v) is 1.66. The summed E-state index contributed by atoms with van der Waals surface area (Å²) >= 11 is 5.54. The van der Waals surface area contributed by atoms with E-state index in [1.807, 2.05) is 30.3 Å². The molecule has 0 unspecified atom stereocenters. The van der Waals surface area contributed by atoms with E-state index >= 15 is 0 Å². The van der Waals surface area contributed by atoms with Gasteiger partial charge in [-0.2, -0.15) is 0 Å². The normalized spacial score (nSPS) is 9.30. The Morgan fingerprint density at radius 1 is 0.850 bits per heavy atom. The van der Waals surface area contributed by atoms with Crippen LogP contribution in [-0.4, -0.2) is 22.2 Å². The van der Waals surface area contributed by atoms with Crippen molar-refractivity contribution in [1.29, 1.82) is 0 Å². The fourth-order valence-electron chi connectivity index (χ4n) is 1.51. The molecule has 0 saturated carbocycles. The average Bonchev–Trinajstić information content (AvgIpc) is 2.40. The lowest BCUT2D eigenvalue weighted by atomic mass is 10.0. The van der Waals surface area contributed by atoms with E-state index in [-0.39, 0.29) is 16.7 Å². The molecule has 2 aromatic rings. The molecular weight excluding hydrogens is 280 g/mol. The van der Waals surface area contributed by atoms with Crippen LogP contribution in [0.4, 0.5) is 0 Å². The Hall–Kier alpha value is -2.33.